The smallest absolute Gasteiger partial charge is 0.223 e. The Bertz CT molecular complexity index is 587. The maximum Gasteiger partial charge on any atom is 0.223 e. The van der Waals surface area contributed by atoms with Gasteiger partial charge in [0.05, 0.1) is 10.1 Å². The molecular weight excluding hydrogens is 295 g/mol. The predicted octanol–water partition coefficient (Wildman–Crippen LogP) is 1.18. The van der Waals surface area contributed by atoms with E-state index in [0.717, 1.165) is 12.1 Å². The molecule has 7 heteroatoms. The quantitative estimate of drug-likeness (QED) is 0.799. The SMILES string of the molecule is CC(CN)N(C)C(=O)CC(C)S(=O)(=O)c1ccc(F)cc1. The summed E-state index contributed by atoms with van der Waals surface area (Å²) >= 11 is 0. The van der Waals surface area contributed by atoms with E-state index < -0.39 is 20.9 Å². The van der Waals surface area contributed by atoms with Gasteiger partial charge in [-0.05, 0) is 38.1 Å². The van der Waals surface area contributed by atoms with Crippen LogP contribution < -0.4 is 5.73 Å². The molecule has 2 atom stereocenters. The molecule has 0 radical (unpaired) electrons. The minimum absolute atomic E-state index is 0.0127. The number of benzene rings is 1. The number of carbonyl (C=O) groups is 1. The molecule has 21 heavy (non-hydrogen) atoms. The molecular formula is C14H21FN2O3S. The van der Waals surface area contributed by atoms with E-state index in [-0.39, 0.29) is 23.3 Å². The number of nitrogens with zero attached hydrogens (tertiary/aromatic N) is 1. The summed E-state index contributed by atoms with van der Waals surface area (Å²) in [7, 11) is -2.07. The first-order chi connectivity index (χ1) is 9.70. The highest BCUT2D eigenvalue weighted by Crippen LogP contribution is 2.19. The molecule has 0 bridgehead atoms. The number of nitrogens with two attached hydrogens (primary N) is 1. The van der Waals surface area contributed by atoms with Crippen molar-refractivity contribution in [2.75, 3.05) is 13.6 Å². The summed E-state index contributed by atoms with van der Waals surface area (Å²) in [5.74, 6) is -0.791. The highest BCUT2D eigenvalue weighted by molar-refractivity contribution is 7.92. The van der Waals surface area contributed by atoms with E-state index in [1.165, 1.54) is 24.0 Å². The molecule has 0 saturated carbocycles. The van der Waals surface area contributed by atoms with Crippen LogP contribution in [-0.4, -0.2) is 44.1 Å². The van der Waals surface area contributed by atoms with Gasteiger partial charge in [-0.1, -0.05) is 0 Å². The predicted molar refractivity (Wildman–Crippen MR) is 79.0 cm³/mol. The largest absolute Gasteiger partial charge is 0.342 e. The van der Waals surface area contributed by atoms with Crippen LogP contribution in [0.4, 0.5) is 4.39 Å². The van der Waals surface area contributed by atoms with Crippen LogP contribution in [0, 0.1) is 5.82 Å². The van der Waals surface area contributed by atoms with Crippen LogP contribution in [0.2, 0.25) is 0 Å². The first-order valence-electron chi connectivity index (χ1n) is 6.65. The number of halogens is 1. The van der Waals surface area contributed by atoms with Crippen molar-refractivity contribution in [2.45, 2.75) is 36.5 Å². The van der Waals surface area contributed by atoms with Crippen molar-refractivity contribution < 1.29 is 17.6 Å². The Morgan fingerprint density at radius 2 is 1.81 bits per heavy atom. The average molecular weight is 316 g/mol. The normalized spacial score (nSPS) is 14.5. The third kappa shape index (κ3) is 4.25. The molecule has 1 aromatic rings. The fourth-order valence-electron chi connectivity index (χ4n) is 1.76. The van der Waals surface area contributed by atoms with Gasteiger partial charge in [-0.15, -0.1) is 0 Å². The van der Waals surface area contributed by atoms with Crippen molar-refractivity contribution in [3.05, 3.63) is 30.1 Å². The van der Waals surface area contributed by atoms with E-state index in [4.69, 9.17) is 5.73 Å². The minimum atomic E-state index is -3.66. The van der Waals surface area contributed by atoms with Gasteiger partial charge < -0.3 is 10.6 Å². The standard InChI is InChI=1S/C14H21FN2O3S/c1-10(9-16)17(3)14(18)8-11(2)21(19,20)13-6-4-12(15)5-7-13/h4-7,10-11H,8-9,16H2,1-3H3. The Morgan fingerprint density at radius 1 is 1.29 bits per heavy atom. The van der Waals surface area contributed by atoms with Crippen molar-refractivity contribution >= 4 is 15.7 Å². The fraction of sp³-hybridized carbons (Fsp3) is 0.500. The van der Waals surface area contributed by atoms with Crippen molar-refractivity contribution in [3.8, 4) is 0 Å². The molecule has 5 nitrogen and oxygen atoms in total. The zero-order valence-corrected chi connectivity index (χ0v) is 13.2. The number of likely N-dealkylation sites (N-methyl/N-ethyl adjacent to an activating group) is 1. The third-order valence-electron chi connectivity index (χ3n) is 3.53. The molecule has 1 aromatic carbocycles. The van der Waals surface area contributed by atoms with Crippen LogP contribution in [0.3, 0.4) is 0 Å². The van der Waals surface area contributed by atoms with Gasteiger partial charge in [0.1, 0.15) is 5.82 Å². The highest BCUT2D eigenvalue weighted by Gasteiger charge is 2.27. The molecule has 0 saturated heterocycles. The summed E-state index contributed by atoms with van der Waals surface area (Å²) in [6, 6.07) is 4.43. The second-order valence-electron chi connectivity index (χ2n) is 5.10. The van der Waals surface area contributed by atoms with Gasteiger partial charge in [-0.25, -0.2) is 12.8 Å². The lowest BCUT2D eigenvalue weighted by Crippen LogP contribution is -2.41. The van der Waals surface area contributed by atoms with Crippen molar-refractivity contribution in [1.29, 1.82) is 0 Å². The molecule has 118 valence electrons. The number of amides is 1. The molecule has 0 aliphatic rings. The highest BCUT2D eigenvalue weighted by atomic mass is 32.2. The van der Waals surface area contributed by atoms with E-state index in [1.54, 1.807) is 14.0 Å². The first-order valence-corrected chi connectivity index (χ1v) is 8.20. The Morgan fingerprint density at radius 3 is 2.29 bits per heavy atom. The van der Waals surface area contributed by atoms with Crippen molar-refractivity contribution in [3.63, 3.8) is 0 Å². The van der Waals surface area contributed by atoms with Crippen LogP contribution in [0.25, 0.3) is 0 Å². The zero-order chi connectivity index (χ0) is 16.2. The number of hydrogen-bond acceptors (Lipinski definition) is 4. The maximum absolute atomic E-state index is 12.9. The van der Waals surface area contributed by atoms with Crippen LogP contribution >= 0.6 is 0 Å². The van der Waals surface area contributed by atoms with E-state index in [1.807, 2.05) is 0 Å². The zero-order valence-electron chi connectivity index (χ0n) is 12.4. The van der Waals surface area contributed by atoms with Gasteiger partial charge in [-0.3, -0.25) is 4.79 Å². The number of carbonyl (C=O) groups excluding carboxylic acids is 1. The number of sulfone groups is 1. The van der Waals surface area contributed by atoms with Crippen molar-refractivity contribution in [2.24, 2.45) is 5.73 Å². The van der Waals surface area contributed by atoms with Gasteiger partial charge in [0, 0.05) is 26.1 Å². The Hall–Kier alpha value is -1.47. The summed E-state index contributed by atoms with van der Waals surface area (Å²) in [5.41, 5.74) is 5.48. The molecule has 0 aliphatic carbocycles. The van der Waals surface area contributed by atoms with E-state index in [0.29, 0.717) is 6.54 Å². The third-order valence-corrected chi connectivity index (χ3v) is 5.68. The van der Waals surface area contributed by atoms with Gasteiger partial charge in [-0.2, -0.15) is 0 Å². The molecule has 0 aromatic heterocycles. The van der Waals surface area contributed by atoms with E-state index in [2.05, 4.69) is 0 Å². The summed E-state index contributed by atoms with van der Waals surface area (Å²) < 4.78 is 37.5. The lowest BCUT2D eigenvalue weighted by atomic mass is 10.2. The molecule has 0 fully saturated rings. The average Bonchev–Trinajstić information content (AvgIpc) is 2.45. The van der Waals surface area contributed by atoms with Gasteiger partial charge >= 0.3 is 0 Å². The molecule has 0 aliphatic heterocycles. The number of rotatable bonds is 6. The Labute approximate surface area is 124 Å². The molecule has 1 rings (SSSR count). The minimum Gasteiger partial charge on any atom is -0.342 e. The summed E-state index contributed by atoms with van der Waals surface area (Å²) in [5, 5.41) is -0.886. The topological polar surface area (TPSA) is 80.5 Å². The molecule has 0 heterocycles. The summed E-state index contributed by atoms with van der Waals surface area (Å²) in [6.45, 7) is 3.57. The fourth-order valence-corrected chi connectivity index (χ4v) is 3.10. The van der Waals surface area contributed by atoms with Crippen LogP contribution in [0.5, 0.6) is 0 Å². The van der Waals surface area contributed by atoms with Gasteiger partial charge in [0.15, 0.2) is 9.84 Å². The summed E-state index contributed by atoms with van der Waals surface area (Å²) in [4.78, 5) is 13.5. The second kappa shape index (κ2) is 7.00. The van der Waals surface area contributed by atoms with Crippen LogP contribution in [0.15, 0.2) is 29.2 Å². The summed E-state index contributed by atoms with van der Waals surface area (Å²) in [6.07, 6.45) is -0.138. The lowest BCUT2D eigenvalue weighted by molar-refractivity contribution is -0.131. The van der Waals surface area contributed by atoms with Crippen molar-refractivity contribution in [1.82, 2.24) is 4.90 Å². The Balaban J connectivity index is 2.85. The first kappa shape index (κ1) is 17.6. The molecule has 1 amide bonds. The second-order valence-corrected chi connectivity index (χ2v) is 7.47. The van der Waals surface area contributed by atoms with E-state index >= 15 is 0 Å². The molecule has 2 unspecified atom stereocenters. The monoisotopic (exact) mass is 316 g/mol. The van der Waals surface area contributed by atoms with Crippen LogP contribution in [0.1, 0.15) is 20.3 Å². The Kier molecular flexibility index (Phi) is 5.86. The molecule has 2 N–H and O–H groups in total. The van der Waals surface area contributed by atoms with Gasteiger partial charge in [0.2, 0.25) is 5.91 Å². The number of hydrogen-bond donors (Lipinski definition) is 1. The maximum atomic E-state index is 12.9. The lowest BCUT2D eigenvalue weighted by Gasteiger charge is -2.25. The van der Waals surface area contributed by atoms with E-state index in [9.17, 15) is 17.6 Å². The van der Waals surface area contributed by atoms with Gasteiger partial charge in [0.25, 0.3) is 0 Å². The molecule has 0 spiro atoms. The van der Waals surface area contributed by atoms with Crippen LogP contribution in [-0.2, 0) is 14.6 Å².